The molecule has 0 saturated carbocycles. The number of rotatable bonds is 9. The summed E-state index contributed by atoms with van der Waals surface area (Å²) in [6.07, 6.45) is 1.38. The molecule has 0 saturated heterocycles. The lowest BCUT2D eigenvalue weighted by molar-refractivity contribution is 0.0101. The van der Waals surface area contributed by atoms with Crippen molar-refractivity contribution in [3.63, 3.8) is 0 Å². The first-order valence-corrected chi connectivity index (χ1v) is 17.9. The number of amides is 1. The second-order valence-corrected chi connectivity index (χ2v) is 18.8. The number of aryl methyl sites for hydroxylation is 1. The van der Waals surface area contributed by atoms with Gasteiger partial charge in [-0.1, -0.05) is 19.6 Å². The van der Waals surface area contributed by atoms with Crippen molar-refractivity contribution in [1.29, 1.82) is 5.26 Å². The number of ether oxygens (including phenoxy) is 3. The van der Waals surface area contributed by atoms with Gasteiger partial charge in [-0.25, -0.2) is 9.78 Å². The third kappa shape index (κ3) is 6.03. The number of nitrogens with one attached hydrogen (secondary N) is 1. The van der Waals surface area contributed by atoms with Crippen LogP contribution < -0.4 is 4.74 Å². The molecule has 0 spiro atoms. The van der Waals surface area contributed by atoms with Gasteiger partial charge in [-0.2, -0.15) is 5.26 Å². The van der Waals surface area contributed by atoms with E-state index in [1.165, 1.54) is 0 Å². The molecule has 0 fully saturated rings. The van der Waals surface area contributed by atoms with Crippen molar-refractivity contribution in [3.05, 3.63) is 59.0 Å². The van der Waals surface area contributed by atoms with Crippen LogP contribution in [0.15, 0.2) is 36.5 Å². The highest BCUT2D eigenvalue weighted by Crippen LogP contribution is 2.45. The number of methoxy groups -OCH3 is 1. The zero-order chi connectivity index (χ0) is 31.0. The molecule has 1 N–H and O–H groups in total. The Morgan fingerprint density at radius 2 is 1.88 bits per heavy atom. The number of H-pyrrole nitrogens is 1. The average Bonchev–Trinajstić information content (AvgIpc) is 3.54. The van der Waals surface area contributed by atoms with Crippen LogP contribution in [0, 0.1) is 18.3 Å². The fraction of sp³-hybridized carbons (Fsp3) is 0.469. The number of imidazole rings is 1. The van der Waals surface area contributed by atoms with Gasteiger partial charge in [0.25, 0.3) is 0 Å². The number of benzene rings is 2. The van der Waals surface area contributed by atoms with E-state index in [0.717, 1.165) is 33.6 Å². The molecule has 0 bridgehead atoms. The summed E-state index contributed by atoms with van der Waals surface area (Å²) in [4.78, 5) is 23.9. The number of carbonyl (C=O) groups is 1. The van der Waals surface area contributed by atoms with E-state index in [4.69, 9.17) is 19.2 Å². The summed E-state index contributed by atoms with van der Waals surface area (Å²) in [5, 5.41) is 10.5. The Morgan fingerprint density at radius 3 is 2.50 bits per heavy atom. The Bertz CT molecular complexity index is 1650. The van der Waals surface area contributed by atoms with E-state index in [0.29, 0.717) is 29.3 Å². The number of carbonyl (C=O) groups excluding carboxylic acids is 1. The zero-order valence-electron chi connectivity index (χ0n) is 26.5. The Morgan fingerprint density at radius 1 is 1.17 bits per heavy atom. The Kier molecular flexibility index (Phi) is 8.49. The van der Waals surface area contributed by atoms with Gasteiger partial charge in [0.2, 0.25) is 0 Å². The highest BCUT2D eigenvalue weighted by atomic mass is 28.3. The lowest BCUT2D eigenvalue weighted by Gasteiger charge is -2.40. The van der Waals surface area contributed by atoms with Crippen molar-refractivity contribution in [2.24, 2.45) is 0 Å². The first kappa shape index (κ1) is 31.1. The molecule has 0 radical (unpaired) electrons. The quantitative estimate of drug-likeness (QED) is 0.164. The number of nitrogens with zero attached hydrogens (tertiary/aromatic N) is 4. The molecule has 1 atom stereocenters. The van der Waals surface area contributed by atoms with Crippen LogP contribution in [-0.4, -0.2) is 60.0 Å². The van der Waals surface area contributed by atoms with E-state index in [1.54, 1.807) is 31.2 Å². The van der Waals surface area contributed by atoms with Gasteiger partial charge in [-0.05, 0) is 76.6 Å². The van der Waals surface area contributed by atoms with E-state index in [-0.39, 0.29) is 6.73 Å². The maximum Gasteiger partial charge on any atom is 0.411 e. The van der Waals surface area contributed by atoms with E-state index in [2.05, 4.69) is 30.7 Å². The first-order valence-electron chi connectivity index (χ1n) is 14.2. The molecule has 42 heavy (non-hydrogen) atoms. The van der Waals surface area contributed by atoms with Crippen molar-refractivity contribution in [2.45, 2.75) is 78.2 Å². The van der Waals surface area contributed by atoms with E-state index in [9.17, 15) is 10.1 Å². The smallest absolute Gasteiger partial charge is 0.411 e. The summed E-state index contributed by atoms with van der Waals surface area (Å²) in [6.45, 7) is 17.3. The molecule has 0 aliphatic carbocycles. The number of hydrogen-bond acceptors (Lipinski definition) is 6. The second-order valence-electron chi connectivity index (χ2n) is 13.2. The minimum Gasteiger partial charge on any atom is -0.496 e. The van der Waals surface area contributed by atoms with Crippen molar-refractivity contribution in [3.8, 4) is 11.8 Å². The number of fused-ring (bicyclic) bond motifs is 2. The number of aromatic nitrogens is 3. The Labute approximate surface area is 249 Å². The van der Waals surface area contributed by atoms with Gasteiger partial charge in [0.15, 0.2) is 0 Å². The third-order valence-electron chi connectivity index (χ3n) is 7.58. The van der Waals surface area contributed by atoms with Crippen molar-refractivity contribution in [2.75, 3.05) is 20.8 Å². The van der Waals surface area contributed by atoms with Crippen LogP contribution in [-0.2, 0) is 21.7 Å². The molecule has 10 heteroatoms. The molecule has 9 nitrogen and oxygen atoms in total. The van der Waals surface area contributed by atoms with Crippen LogP contribution >= 0.6 is 0 Å². The Balaban J connectivity index is 2.03. The number of hydrogen-bond donors (Lipinski definition) is 1. The van der Waals surface area contributed by atoms with E-state index >= 15 is 0 Å². The molecule has 1 unspecified atom stereocenters. The SMILES string of the molecule is COc1cc(C)c2[nH]ccc2c1C(C)(c1nc2cc(C#N)ccc2n1COCC[Si](C)(C)C)N(C)C(=O)OC(C)(C)C. The van der Waals surface area contributed by atoms with E-state index < -0.39 is 25.3 Å². The normalized spacial score (nSPS) is 13.6. The summed E-state index contributed by atoms with van der Waals surface area (Å²) in [7, 11) is 2.04. The van der Waals surface area contributed by atoms with Gasteiger partial charge in [0.05, 0.1) is 29.8 Å². The molecule has 0 aliphatic heterocycles. The third-order valence-corrected chi connectivity index (χ3v) is 9.28. The summed E-state index contributed by atoms with van der Waals surface area (Å²) >= 11 is 0. The molecule has 0 aliphatic rings. The lowest BCUT2D eigenvalue weighted by Crippen LogP contribution is -2.49. The molecule has 2 aromatic carbocycles. The van der Waals surface area contributed by atoms with Crippen molar-refractivity contribution in [1.82, 2.24) is 19.4 Å². The van der Waals surface area contributed by atoms with Gasteiger partial charge in [-0.15, -0.1) is 0 Å². The maximum absolute atomic E-state index is 13.8. The molecule has 2 aromatic heterocycles. The fourth-order valence-corrected chi connectivity index (χ4v) is 5.98. The molecular formula is C32H43N5O4Si. The van der Waals surface area contributed by atoms with E-state index in [1.807, 2.05) is 63.6 Å². The minimum atomic E-state index is -1.32. The summed E-state index contributed by atoms with van der Waals surface area (Å²) in [5.74, 6) is 1.19. The topological polar surface area (TPSA) is 105 Å². The van der Waals surface area contributed by atoms with Crippen LogP contribution in [0.2, 0.25) is 25.7 Å². The van der Waals surface area contributed by atoms with Gasteiger partial charge in [0, 0.05) is 44.4 Å². The van der Waals surface area contributed by atoms with Crippen LogP contribution in [0.4, 0.5) is 4.79 Å². The highest BCUT2D eigenvalue weighted by molar-refractivity contribution is 6.76. The summed E-state index contributed by atoms with van der Waals surface area (Å²) < 4.78 is 20.2. The minimum absolute atomic E-state index is 0.227. The second kappa shape index (κ2) is 11.5. The standard InChI is InChI=1S/C32H43N5O4Si/c1-21-17-26(39-7)27(23-13-14-34-28(21)23)32(5,36(6)30(38)41-31(2,3)4)29-35-24-18-22(19-33)11-12-25(24)37(29)20-40-15-16-42(8,9)10/h11-14,17-18,34H,15-16,20H2,1-10H3. The summed E-state index contributed by atoms with van der Waals surface area (Å²) in [6, 6.07) is 12.6. The molecule has 2 heterocycles. The predicted molar refractivity (Wildman–Crippen MR) is 169 cm³/mol. The molecule has 4 rings (SSSR count). The fourth-order valence-electron chi connectivity index (χ4n) is 5.22. The number of nitriles is 1. The van der Waals surface area contributed by atoms with Gasteiger partial charge in [0.1, 0.15) is 29.4 Å². The summed E-state index contributed by atoms with van der Waals surface area (Å²) in [5.41, 5.74) is 2.76. The molecule has 4 aromatic rings. The molecular weight excluding hydrogens is 546 g/mol. The largest absolute Gasteiger partial charge is 0.496 e. The van der Waals surface area contributed by atoms with Crippen LogP contribution in [0.3, 0.4) is 0 Å². The lowest BCUT2D eigenvalue weighted by atomic mass is 9.85. The first-order chi connectivity index (χ1) is 19.6. The maximum atomic E-state index is 13.8. The van der Waals surface area contributed by atoms with Gasteiger partial charge < -0.3 is 23.8 Å². The predicted octanol–water partition coefficient (Wildman–Crippen LogP) is 7.15. The Hall–Kier alpha value is -3.81. The van der Waals surface area contributed by atoms with Crippen LogP contribution in [0.1, 0.15) is 50.2 Å². The van der Waals surface area contributed by atoms with Crippen LogP contribution in [0.5, 0.6) is 5.75 Å². The number of aromatic amines is 1. The average molecular weight is 590 g/mol. The molecule has 1 amide bonds. The monoisotopic (exact) mass is 589 g/mol. The molecule has 224 valence electrons. The van der Waals surface area contributed by atoms with Gasteiger partial charge >= 0.3 is 6.09 Å². The highest BCUT2D eigenvalue weighted by Gasteiger charge is 2.46. The van der Waals surface area contributed by atoms with Crippen molar-refractivity contribution >= 4 is 36.1 Å². The van der Waals surface area contributed by atoms with Crippen molar-refractivity contribution < 1.29 is 19.0 Å². The van der Waals surface area contributed by atoms with Crippen LogP contribution in [0.25, 0.3) is 21.9 Å². The zero-order valence-corrected chi connectivity index (χ0v) is 27.5. The van der Waals surface area contributed by atoms with Gasteiger partial charge in [-0.3, -0.25) is 4.90 Å².